The Hall–Kier alpha value is -3.03. The summed E-state index contributed by atoms with van der Waals surface area (Å²) in [6.45, 7) is 0. The van der Waals surface area contributed by atoms with Crippen molar-refractivity contribution < 1.29 is 18.0 Å². The zero-order chi connectivity index (χ0) is 17.3. The van der Waals surface area contributed by atoms with Gasteiger partial charge in [-0.05, 0) is 24.3 Å². The number of imidazole rings is 1. The van der Waals surface area contributed by atoms with E-state index in [1.54, 1.807) is 23.7 Å². The lowest BCUT2D eigenvalue weighted by Gasteiger charge is -2.13. The van der Waals surface area contributed by atoms with Gasteiger partial charge >= 0.3 is 12.2 Å². The van der Waals surface area contributed by atoms with Crippen LogP contribution in [0.5, 0.6) is 0 Å². The molecule has 0 saturated heterocycles. The second-order valence-corrected chi connectivity index (χ2v) is 5.11. The van der Waals surface area contributed by atoms with Crippen LogP contribution in [-0.4, -0.2) is 15.6 Å². The third-order valence-electron chi connectivity index (χ3n) is 3.49. The molecule has 0 saturated carbocycles. The van der Waals surface area contributed by atoms with Gasteiger partial charge in [0.2, 0.25) is 5.95 Å². The Balaban J connectivity index is 1.82. The number of nitrogens with zero attached hydrogens (tertiary/aromatic N) is 2. The molecule has 2 N–H and O–H groups in total. The third-order valence-corrected chi connectivity index (χ3v) is 3.49. The molecule has 0 aliphatic rings. The van der Waals surface area contributed by atoms with Crippen LogP contribution in [0.4, 0.5) is 29.6 Å². The van der Waals surface area contributed by atoms with Crippen LogP contribution in [0.15, 0.2) is 48.5 Å². The standard InChI is InChI=1S/C16H13F3N4O/c1-23-13-9-5-4-8-12(13)20-14(23)22-15(24)21-11-7-3-2-6-10(11)16(17,18)19/h2-9H,1H3,(H2,20,21,22,24). The van der Waals surface area contributed by atoms with Gasteiger partial charge in [-0.15, -0.1) is 0 Å². The minimum absolute atomic E-state index is 0.234. The Morgan fingerprint density at radius 1 is 1.04 bits per heavy atom. The van der Waals surface area contributed by atoms with Gasteiger partial charge in [0.25, 0.3) is 0 Å². The number of urea groups is 1. The Kier molecular flexibility index (Phi) is 3.88. The van der Waals surface area contributed by atoms with Crippen molar-refractivity contribution in [3.8, 4) is 0 Å². The summed E-state index contributed by atoms with van der Waals surface area (Å²) in [6, 6.07) is 11.2. The molecule has 24 heavy (non-hydrogen) atoms. The number of carbonyl (C=O) groups excluding carboxylic acids is 1. The maximum Gasteiger partial charge on any atom is 0.418 e. The maximum atomic E-state index is 12.9. The molecule has 1 heterocycles. The number of amides is 2. The first-order valence-corrected chi connectivity index (χ1v) is 7.02. The molecule has 0 aliphatic carbocycles. The minimum Gasteiger partial charge on any atom is -0.313 e. The van der Waals surface area contributed by atoms with E-state index in [9.17, 15) is 18.0 Å². The first-order chi connectivity index (χ1) is 11.4. The number of fused-ring (bicyclic) bond motifs is 1. The fourth-order valence-electron chi connectivity index (χ4n) is 2.35. The monoisotopic (exact) mass is 334 g/mol. The van der Waals surface area contributed by atoms with Crippen molar-refractivity contribution >= 4 is 28.7 Å². The van der Waals surface area contributed by atoms with Gasteiger partial charge in [-0.2, -0.15) is 13.2 Å². The summed E-state index contributed by atoms with van der Waals surface area (Å²) in [5.41, 5.74) is 0.237. The number of para-hydroxylation sites is 3. The summed E-state index contributed by atoms with van der Waals surface area (Å²) in [7, 11) is 1.70. The molecule has 0 fully saturated rings. The molecule has 0 atom stereocenters. The molecule has 0 spiro atoms. The van der Waals surface area contributed by atoms with E-state index in [0.29, 0.717) is 5.52 Å². The van der Waals surface area contributed by atoms with Crippen molar-refractivity contribution in [3.63, 3.8) is 0 Å². The number of hydrogen-bond acceptors (Lipinski definition) is 2. The largest absolute Gasteiger partial charge is 0.418 e. The van der Waals surface area contributed by atoms with Gasteiger partial charge in [0.05, 0.1) is 22.3 Å². The Morgan fingerprint density at radius 3 is 2.42 bits per heavy atom. The molecule has 8 heteroatoms. The summed E-state index contributed by atoms with van der Waals surface area (Å²) in [5, 5.41) is 4.67. The molecule has 3 aromatic rings. The second-order valence-electron chi connectivity index (χ2n) is 5.11. The zero-order valence-corrected chi connectivity index (χ0v) is 12.6. The Bertz CT molecular complexity index is 902. The van der Waals surface area contributed by atoms with Crippen LogP contribution >= 0.6 is 0 Å². The van der Waals surface area contributed by atoms with Crippen molar-refractivity contribution in [3.05, 3.63) is 54.1 Å². The molecule has 5 nitrogen and oxygen atoms in total. The molecule has 0 aliphatic heterocycles. The zero-order valence-electron chi connectivity index (χ0n) is 12.6. The summed E-state index contributed by atoms with van der Waals surface area (Å²) in [6.07, 6.45) is -4.55. The summed E-state index contributed by atoms with van der Waals surface area (Å²) >= 11 is 0. The summed E-state index contributed by atoms with van der Waals surface area (Å²) in [5.74, 6) is 0.234. The van der Waals surface area contributed by atoms with Gasteiger partial charge in [-0.1, -0.05) is 24.3 Å². The van der Waals surface area contributed by atoms with Gasteiger partial charge in [0.15, 0.2) is 0 Å². The number of alkyl halides is 3. The number of carbonyl (C=O) groups is 1. The molecule has 0 radical (unpaired) electrons. The van der Waals surface area contributed by atoms with E-state index in [1.165, 1.54) is 18.2 Å². The number of aryl methyl sites for hydroxylation is 1. The number of halogens is 3. The normalized spacial score (nSPS) is 11.5. The Labute approximate surface area is 135 Å². The van der Waals surface area contributed by atoms with Crippen LogP contribution in [0.2, 0.25) is 0 Å². The lowest BCUT2D eigenvalue weighted by atomic mass is 10.1. The van der Waals surface area contributed by atoms with Crippen LogP contribution in [-0.2, 0) is 13.2 Å². The van der Waals surface area contributed by atoms with E-state index < -0.39 is 17.8 Å². The molecular formula is C16H13F3N4O. The third kappa shape index (κ3) is 3.03. The van der Waals surface area contributed by atoms with E-state index in [-0.39, 0.29) is 11.6 Å². The van der Waals surface area contributed by atoms with Gasteiger partial charge in [-0.25, -0.2) is 9.78 Å². The fourth-order valence-corrected chi connectivity index (χ4v) is 2.35. The van der Waals surface area contributed by atoms with Gasteiger partial charge < -0.3 is 9.88 Å². The smallest absolute Gasteiger partial charge is 0.313 e. The van der Waals surface area contributed by atoms with Crippen molar-refractivity contribution in [2.24, 2.45) is 7.05 Å². The number of aromatic nitrogens is 2. The van der Waals surface area contributed by atoms with E-state index in [2.05, 4.69) is 15.6 Å². The van der Waals surface area contributed by atoms with Crippen molar-refractivity contribution in [2.45, 2.75) is 6.18 Å². The highest BCUT2D eigenvalue weighted by Crippen LogP contribution is 2.34. The molecular weight excluding hydrogens is 321 g/mol. The fraction of sp³-hybridized carbons (Fsp3) is 0.125. The van der Waals surface area contributed by atoms with Crippen LogP contribution < -0.4 is 10.6 Å². The highest BCUT2D eigenvalue weighted by atomic mass is 19.4. The quantitative estimate of drug-likeness (QED) is 0.736. The maximum absolute atomic E-state index is 12.9. The average Bonchev–Trinajstić information content (AvgIpc) is 2.83. The molecule has 124 valence electrons. The van der Waals surface area contributed by atoms with E-state index in [0.717, 1.165) is 11.6 Å². The first-order valence-electron chi connectivity index (χ1n) is 7.02. The van der Waals surface area contributed by atoms with Crippen LogP contribution in [0, 0.1) is 0 Å². The number of hydrogen-bond donors (Lipinski definition) is 2. The average molecular weight is 334 g/mol. The molecule has 2 aromatic carbocycles. The van der Waals surface area contributed by atoms with Crippen molar-refractivity contribution in [2.75, 3.05) is 10.6 Å². The van der Waals surface area contributed by atoms with Gasteiger partial charge in [0.1, 0.15) is 0 Å². The highest BCUT2D eigenvalue weighted by Gasteiger charge is 2.33. The van der Waals surface area contributed by atoms with Gasteiger partial charge in [0, 0.05) is 7.05 Å². The van der Waals surface area contributed by atoms with E-state index in [4.69, 9.17) is 0 Å². The molecule has 0 unspecified atom stereocenters. The predicted molar refractivity (Wildman–Crippen MR) is 84.8 cm³/mol. The second kappa shape index (κ2) is 5.88. The molecule has 3 rings (SSSR count). The van der Waals surface area contributed by atoms with Crippen molar-refractivity contribution in [1.29, 1.82) is 0 Å². The van der Waals surface area contributed by atoms with E-state index in [1.807, 2.05) is 12.1 Å². The summed E-state index contributed by atoms with van der Waals surface area (Å²) in [4.78, 5) is 16.3. The van der Waals surface area contributed by atoms with Crippen LogP contribution in [0.1, 0.15) is 5.56 Å². The van der Waals surface area contributed by atoms with Gasteiger partial charge in [-0.3, -0.25) is 5.32 Å². The number of anilines is 2. The molecule has 0 bridgehead atoms. The lowest BCUT2D eigenvalue weighted by Crippen LogP contribution is -2.23. The topological polar surface area (TPSA) is 59.0 Å². The summed E-state index contributed by atoms with van der Waals surface area (Å²) < 4.78 is 40.5. The minimum atomic E-state index is -4.55. The Morgan fingerprint density at radius 2 is 1.71 bits per heavy atom. The highest BCUT2D eigenvalue weighted by molar-refractivity contribution is 6.00. The molecule has 2 amide bonds. The molecule has 1 aromatic heterocycles. The van der Waals surface area contributed by atoms with Crippen LogP contribution in [0.25, 0.3) is 11.0 Å². The van der Waals surface area contributed by atoms with Crippen LogP contribution in [0.3, 0.4) is 0 Å². The predicted octanol–water partition coefficient (Wildman–Crippen LogP) is 4.24. The number of benzene rings is 2. The SMILES string of the molecule is Cn1c(NC(=O)Nc2ccccc2C(F)(F)F)nc2ccccc21. The lowest BCUT2D eigenvalue weighted by molar-refractivity contribution is -0.136. The van der Waals surface area contributed by atoms with Crippen molar-refractivity contribution in [1.82, 2.24) is 9.55 Å². The first kappa shape index (κ1) is 15.9. The number of rotatable bonds is 2. The van der Waals surface area contributed by atoms with E-state index >= 15 is 0 Å². The number of nitrogens with one attached hydrogen (secondary N) is 2.